The molecule has 2 atom stereocenters. The van der Waals surface area contributed by atoms with Gasteiger partial charge in [-0.2, -0.15) is 0 Å². The van der Waals surface area contributed by atoms with Gasteiger partial charge in [0, 0.05) is 22.5 Å². The van der Waals surface area contributed by atoms with Crippen LogP contribution in [0.5, 0.6) is 5.75 Å². The van der Waals surface area contributed by atoms with Crippen LogP contribution in [0.15, 0.2) is 22.7 Å². The number of aliphatic hydroxyl groups is 1. The van der Waals surface area contributed by atoms with Gasteiger partial charge in [-0.3, -0.25) is 0 Å². The summed E-state index contributed by atoms with van der Waals surface area (Å²) in [5, 5.41) is 12.6. The Balaban J connectivity index is 2.31. The molecule has 1 aliphatic rings. The minimum Gasteiger partial charge on any atom is -0.488 e. The Morgan fingerprint density at radius 2 is 2.38 bits per heavy atom. The first-order valence-corrected chi connectivity index (χ1v) is 6.34. The molecule has 0 saturated carbocycles. The van der Waals surface area contributed by atoms with Gasteiger partial charge in [-0.05, 0) is 24.7 Å². The molecule has 1 aliphatic heterocycles. The summed E-state index contributed by atoms with van der Waals surface area (Å²) in [5.74, 6) is 0.874. The van der Waals surface area contributed by atoms with Gasteiger partial charge in [0.1, 0.15) is 11.9 Å². The topological polar surface area (TPSA) is 41.5 Å². The molecule has 2 unspecified atom stereocenters. The van der Waals surface area contributed by atoms with Gasteiger partial charge in [0.05, 0.1) is 6.61 Å². The lowest BCUT2D eigenvalue weighted by Crippen LogP contribution is -2.34. The molecule has 1 aromatic carbocycles. The number of hydrogen-bond donors (Lipinski definition) is 2. The van der Waals surface area contributed by atoms with Crippen molar-refractivity contribution < 1.29 is 9.84 Å². The Hall–Kier alpha value is -0.580. The maximum Gasteiger partial charge on any atom is 0.124 e. The van der Waals surface area contributed by atoms with Gasteiger partial charge in [-0.15, -0.1) is 0 Å². The highest BCUT2D eigenvalue weighted by atomic mass is 79.9. The fraction of sp³-hybridized carbons (Fsp3) is 0.500. The van der Waals surface area contributed by atoms with E-state index < -0.39 is 0 Å². The highest BCUT2D eigenvalue weighted by molar-refractivity contribution is 9.10. The first kappa shape index (κ1) is 11.9. The third kappa shape index (κ3) is 2.39. The predicted molar refractivity (Wildman–Crippen MR) is 66.7 cm³/mol. The molecule has 4 heteroatoms. The van der Waals surface area contributed by atoms with E-state index in [9.17, 15) is 5.11 Å². The highest BCUT2D eigenvalue weighted by Gasteiger charge is 2.27. The van der Waals surface area contributed by atoms with Crippen molar-refractivity contribution >= 4 is 15.9 Å². The summed E-state index contributed by atoms with van der Waals surface area (Å²) in [4.78, 5) is 0. The summed E-state index contributed by atoms with van der Waals surface area (Å²) >= 11 is 3.47. The highest BCUT2D eigenvalue weighted by Crippen LogP contribution is 2.36. The zero-order chi connectivity index (χ0) is 11.5. The van der Waals surface area contributed by atoms with Gasteiger partial charge >= 0.3 is 0 Å². The number of fused-ring (bicyclic) bond motifs is 1. The lowest BCUT2D eigenvalue weighted by molar-refractivity contribution is 0.0837. The number of nitrogens with one attached hydrogen (secondary N) is 1. The molecule has 0 saturated heterocycles. The molecule has 16 heavy (non-hydrogen) atoms. The van der Waals surface area contributed by atoms with E-state index in [4.69, 9.17) is 4.74 Å². The monoisotopic (exact) mass is 285 g/mol. The molecule has 0 fully saturated rings. The number of hydrogen-bond acceptors (Lipinski definition) is 3. The van der Waals surface area contributed by atoms with Gasteiger partial charge < -0.3 is 15.2 Å². The van der Waals surface area contributed by atoms with Crippen LogP contribution in [-0.2, 0) is 0 Å². The second-order valence-electron chi connectivity index (χ2n) is 3.95. The van der Waals surface area contributed by atoms with Gasteiger partial charge in [0.15, 0.2) is 0 Å². The molecular formula is C12H16BrNO2. The Bertz CT molecular complexity index is 370. The van der Waals surface area contributed by atoms with Crippen molar-refractivity contribution in [1.29, 1.82) is 0 Å². The number of rotatable bonds is 3. The third-order valence-corrected chi connectivity index (χ3v) is 3.29. The molecule has 0 amide bonds. The predicted octanol–water partition coefficient (Wildman–Crippen LogP) is 2.24. The van der Waals surface area contributed by atoms with Gasteiger partial charge in [0.25, 0.3) is 0 Å². The van der Waals surface area contributed by atoms with Gasteiger partial charge in [0.2, 0.25) is 0 Å². The SMILES string of the molecule is CCNC1CC(CO)Oc2ccc(Br)cc21. The number of ether oxygens (including phenoxy) is 1. The molecule has 0 spiro atoms. The maximum atomic E-state index is 9.20. The van der Waals surface area contributed by atoms with Crippen molar-refractivity contribution in [3.63, 3.8) is 0 Å². The van der Waals surface area contributed by atoms with Crippen molar-refractivity contribution in [3.05, 3.63) is 28.2 Å². The number of benzene rings is 1. The van der Waals surface area contributed by atoms with E-state index in [-0.39, 0.29) is 18.8 Å². The smallest absolute Gasteiger partial charge is 0.124 e. The summed E-state index contributed by atoms with van der Waals surface area (Å²) in [6.07, 6.45) is 0.714. The second kappa shape index (κ2) is 5.17. The molecule has 1 heterocycles. The standard InChI is InChI=1S/C12H16BrNO2/c1-2-14-11-6-9(7-15)16-12-4-3-8(13)5-10(11)12/h3-5,9,11,14-15H,2,6-7H2,1H3. The minimum absolute atomic E-state index is 0.0669. The molecule has 0 bridgehead atoms. The lowest BCUT2D eigenvalue weighted by atomic mass is 9.97. The van der Waals surface area contributed by atoms with Crippen molar-refractivity contribution in [2.75, 3.05) is 13.2 Å². The Morgan fingerprint density at radius 3 is 3.06 bits per heavy atom. The minimum atomic E-state index is -0.0993. The molecule has 3 nitrogen and oxygen atoms in total. The van der Waals surface area contributed by atoms with Crippen LogP contribution in [0, 0.1) is 0 Å². The van der Waals surface area contributed by atoms with E-state index in [1.54, 1.807) is 0 Å². The molecule has 0 aromatic heterocycles. The van der Waals surface area contributed by atoms with Crippen LogP contribution in [0.25, 0.3) is 0 Å². The summed E-state index contributed by atoms with van der Waals surface area (Å²) in [6.45, 7) is 3.06. The summed E-state index contributed by atoms with van der Waals surface area (Å²) < 4.78 is 6.76. The second-order valence-corrected chi connectivity index (χ2v) is 4.87. The Kier molecular flexibility index (Phi) is 3.84. The fourth-order valence-electron chi connectivity index (χ4n) is 2.07. The molecule has 0 aliphatic carbocycles. The van der Waals surface area contributed by atoms with Crippen LogP contribution >= 0.6 is 15.9 Å². The quantitative estimate of drug-likeness (QED) is 0.895. The van der Waals surface area contributed by atoms with E-state index in [2.05, 4.69) is 34.2 Å². The van der Waals surface area contributed by atoms with Crippen molar-refractivity contribution in [2.24, 2.45) is 0 Å². The first-order chi connectivity index (χ1) is 7.74. The molecule has 0 radical (unpaired) electrons. The van der Waals surface area contributed by atoms with E-state index in [1.165, 1.54) is 5.56 Å². The zero-order valence-corrected chi connectivity index (χ0v) is 10.8. The molecule has 2 rings (SSSR count). The van der Waals surface area contributed by atoms with Crippen LogP contribution < -0.4 is 10.1 Å². The Labute approximate surface area is 104 Å². The van der Waals surface area contributed by atoms with E-state index in [0.29, 0.717) is 0 Å². The van der Waals surface area contributed by atoms with Gasteiger partial charge in [-0.1, -0.05) is 22.9 Å². The van der Waals surface area contributed by atoms with Crippen LogP contribution in [0.3, 0.4) is 0 Å². The van der Waals surface area contributed by atoms with Gasteiger partial charge in [-0.25, -0.2) is 0 Å². The van der Waals surface area contributed by atoms with Crippen molar-refractivity contribution in [3.8, 4) is 5.75 Å². The Morgan fingerprint density at radius 1 is 1.56 bits per heavy atom. The third-order valence-electron chi connectivity index (χ3n) is 2.79. The van der Waals surface area contributed by atoms with Crippen LogP contribution in [0.1, 0.15) is 24.9 Å². The molecule has 88 valence electrons. The van der Waals surface area contributed by atoms with E-state index >= 15 is 0 Å². The van der Waals surface area contributed by atoms with Crippen LogP contribution in [0.4, 0.5) is 0 Å². The molecular weight excluding hydrogens is 270 g/mol. The molecule has 2 N–H and O–H groups in total. The van der Waals surface area contributed by atoms with E-state index in [1.807, 2.05) is 12.1 Å². The lowest BCUT2D eigenvalue weighted by Gasteiger charge is -2.31. The average Bonchev–Trinajstić information content (AvgIpc) is 2.30. The van der Waals surface area contributed by atoms with Crippen LogP contribution in [-0.4, -0.2) is 24.4 Å². The number of aliphatic hydroxyl groups excluding tert-OH is 1. The zero-order valence-electron chi connectivity index (χ0n) is 9.24. The normalized spacial score (nSPS) is 23.7. The average molecular weight is 286 g/mol. The maximum absolute atomic E-state index is 9.20. The first-order valence-electron chi connectivity index (χ1n) is 5.55. The largest absolute Gasteiger partial charge is 0.488 e. The fourth-order valence-corrected chi connectivity index (χ4v) is 2.45. The van der Waals surface area contributed by atoms with Crippen LogP contribution in [0.2, 0.25) is 0 Å². The van der Waals surface area contributed by atoms with E-state index in [0.717, 1.165) is 23.2 Å². The summed E-state index contributed by atoms with van der Waals surface area (Å²) in [7, 11) is 0. The number of halogens is 1. The van der Waals surface area contributed by atoms with Crippen molar-refractivity contribution in [2.45, 2.75) is 25.5 Å². The summed E-state index contributed by atoms with van der Waals surface area (Å²) in [5.41, 5.74) is 1.17. The molecule has 1 aromatic rings. The van der Waals surface area contributed by atoms with Crippen molar-refractivity contribution in [1.82, 2.24) is 5.32 Å². The summed E-state index contributed by atoms with van der Waals surface area (Å²) in [6, 6.07) is 6.26.